The molecule has 3 nitrogen and oxygen atoms in total. The van der Waals surface area contributed by atoms with Crippen molar-refractivity contribution in [2.45, 2.75) is 59.8 Å². The van der Waals surface area contributed by atoms with Gasteiger partial charge >= 0.3 is 5.97 Å². The number of carbonyl (C=O) groups is 1. The Morgan fingerprint density at radius 3 is 2.37 bits per heavy atom. The van der Waals surface area contributed by atoms with Crippen LogP contribution < -0.4 is 0 Å². The molecule has 0 saturated heterocycles. The fourth-order valence-corrected chi connectivity index (χ4v) is 2.02. The molecule has 0 unspecified atom stereocenters. The number of methoxy groups -OCH3 is 1. The number of carbonyl (C=O) groups excluding carboxylic acids is 1. The van der Waals surface area contributed by atoms with Gasteiger partial charge in [0.05, 0.1) is 18.8 Å². The molecule has 19 heavy (non-hydrogen) atoms. The van der Waals surface area contributed by atoms with E-state index in [1.54, 1.807) is 7.11 Å². The molecule has 0 heterocycles. The summed E-state index contributed by atoms with van der Waals surface area (Å²) in [7, 11) is 1.61. The second kappa shape index (κ2) is 11.0. The van der Waals surface area contributed by atoms with Gasteiger partial charge in [-0.1, -0.05) is 45.6 Å². The van der Waals surface area contributed by atoms with Crippen molar-refractivity contribution < 1.29 is 14.3 Å². The van der Waals surface area contributed by atoms with Crippen molar-refractivity contribution in [2.24, 2.45) is 5.92 Å². The van der Waals surface area contributed by atoms with Gasteiger partial charge in [0, 0.05) is 7.11 Å². The molecule has 0 bridgehead atoms. The average Bonchev–Trinajstić information content (AvgIpc) is 2.34. The molecule has 0 saturated carbocycles. The predicted molar refractivity (Wildman–Crippen MR) is 79.1 cm³/mol. The SMILES string of the molecule is CCCCCCOC(=O)C(COC)=C(C)CC(C)C. The third-order valence-electron chi connectivity index (χ3n) is 3.00. The van der Waals surface area contributed by atoms with E-state index < -0.39 is 0 Å². The van der Waals surface area contributed by atoms with Crippen molar-refractivity contribution in [3.05, 3.63) is 11.1 Å². The Balaban J connectivity index is 4.33. The Morgan fingerprint density at radius 2 is 1.84 bits per heavy atom. The van der Waals surface area contributed by atoms with E-state index in [2.05, 4.69) is 20.8 Å². The second-order valence-corrected chi connectivity index (χ2v) is 5.49. The quantitative estimate of drug-likeness (QED) is 0.340. The summed E-state index contributed by atoms with van der Waals surface area (Å²) in [6.07, 6.45) is 5.37. The maximum atomic E-state index is 12.0. The van der Waals surface area contributed by atoms with Gasteiger partial charge in [0.1, 0.15) is 0 Å². The van der Waals surface area contributed by atoms with E-state index in [4.69, 9.17) is 9.47 Å². The highest BCUT2D eigenvalue weighted by molar-refractivity contribution is 5.89. The number of esters is 1. The molecule has 0 radical (unpaired) electrons. The summed E-state index contributed by atoms with van der Waals surface area (Å²) in [5, 5.41) is 0. The summed E-state index contributed by atoms with van der Waals surface area (Å²) < 4.78 is 10.4. The first-order valence-corrected chi connectivity index (χ1v) is 7.37. The van der Waals surface area contributed by atoms with Gasteiger partial charge in [-0.15, -0.1) is 0 Å². The van der Waals surface area contributed by atoms with Crippen LogP contribution in [0.25, 0.3) is 0 Å². The lowest BCUT2D eigenvalue weighted by molar-refractivity contribution is -0.139. The zero-order chi connectivity index (χ0) is 14.7. The number of ether oxygens (including phenoxy) is 2. The Bertz CT molecular complexity index is 280. The molecular weight excluding hydrogens is 240 g/mol. The maximum Gasteiger partial charge on any atom is 0.336 e. The Hall–Kier alpha value is -0.830. The summed E-state index contributed by atoms with van der Waals surface area (Å²) in [6, 6.07) is 0. The molecule has 0 atom stereocenters. The third kappa shape index (κ3) is 8.82. The van der Waals surface area contributed by atoms with Gasteiger partial charge in [-0.3, -0.25) is 0 Å². The molecule has 0 aliphatic carbocycles. The van der Waals surface area contributed by atoms with Crippen molar-refractivity contribution in [3.63, 3.8) is 0 Å². The van der Waals surface area contributed by atoms with Crippen LogP contribution in [0.4, 0.5) is 0 Å². The standard InChI is InChI=1S/C16H30O3/c1-6-7-8-9-10-19-16(17)15(12-18-5)14(4)11-13(2)3/h13H,6-12H2,1-5H3. The van der Waals surface area contributed by atoms with Crippen molar-refractivity contribution >= 4 is 5.97 Å². The van der Waals surface area contributed by atoms with Crippen LogP contribution in [0, 0.1) is 5.92 Å². The van der Waals surface area contributed by atoms with Crippen molar-refractivity contribution in [1.29, 1.82) is 0 Å². The number of unbranched alkanes of at least 4 members (excludes halogenated alkanes) is 3. The van der Waals surface area contributed by atoms with E-state index in [1.165, 1.54) is 12.8 Å². The van der Waals surface area contributed by atoms with E-state index in [0.29, 0.717) is 24.7 Å². The summed E-state index contributed by atoms with van der Waals surface area (Å²) in [6.45, 7) is 9.30. The molecule has 0 N–H and O–H groups in total. The minimum Gasteiger partial charge on any atom is -0.462 e. The summed E-state index contributed by atoms with van der Waals surface area (Å²) in [4.78, 5) is 12.0. The van der Waals surface area contributed by atoms with Gasteiger partial charge in [-0.2, -0.15) is 0 Å². The van der Waals surface area contributed by atoms with Gasteiger partial charge in [-0.25, -0.2) is 4.79 Å². The summed E-state index contributed by atoms with van der Waals surface area (Å²) >= 11 is 0. The molecule has 0 aromatic rings. The maximum absolute atomic E-state index is 12.0. The van der Waals surface area contributed by atoms with Crippen molar-refractivity contribution in [3.8, 4) is 0 Å². The first kappa shape index (κ1) is 18.2. The van der Waals surface area contributed by atoms with Gasteiger partial charge in [0.25, 0.3) is 0 Å². The first-order valence-electron chi connectivity index (χ1n) is 7.37. The zero-order valence-corrected chi connectivity index (χ0v) is 13.3. The number of allylic oxidation sites excluding steroid dienone is 1. The normalized spacial score (nSPS) is 12.5. The van der Waals surface area contributed by atoms with Crippen LogP contribution in [0.2, 0.25) is 0 Å². The van der Waals surface area contributed by atoms with Crippen LogP contribution in [-0.4, -0.2) is 26.3 Å². The molecule has 112 valence electrons. The summed E-state index contributed by atoms with van der Waals surface area (Å²) in [5.41, 5.74) is 1.77. The second-order valence-electron chi connectivity index (χ2n) is 5.49. The van der Waals surface area contributed by atoms with E-state index in [-0.39, 0.29) is 5.97 Å². The Kier molecular flexibility index (Phi) is 10.6. The van der Waals surface area contributed by atoms with Gasteiger partial charge < -0.3 is 9.47 Å². The smallest absolute Gasteiger partial charge is 0.336 e. The van der Waals surface area contributed by atoms with Crippen LogP contribution in [0.5, 0.6) is 0 Å². The minimum absolute atomic E-state index is 0.212. The molecule has 0 spiro atoms. The van der Waals surface area contributed by atoms with Crippen LogP contribution in [0.3, 0.4) is 0 Å². The van der Waals surface area contributed by atoms with Gasteiger partial charge in [0.15, 0.2) is 0 Å². The Labute approximate surface area is 118 Å². The van der Waals surface area contributed by atoms with Crippen LogP contribution in [-0.2, 0) is 14.3 Å². The van der Waals surface area contributed by atoms with Crippen LogP contribution in [0.15, 0.2) is 11.1 Å². The molecule has 0 aliphatic rings. The van der Waals surface area contributed by atoms with Crippen molar-refractivity contribution in [2.75, 3.05) is 20.3 Å². The molecule has 3 heteroatoms. The monoisotopic (exact) mass is 270 g/mol. The molecule has 0 rings (SSSR count). The Morgan fingerprint density at radius 1 is 1.16 bits per heavy atom. The highest BCUT2D eigenvalue weighted by Crippen LogP contribution is 2.16. The first-order chi connectivity index (χ1) is 9.02. The lowest BCUT2D eigenvalue weighted by Gasteiger charge is -2.13. The minimum atomic E-state index is -0.212. The molecular formula is C16H30O3. The van der Waals surface area contributed by atoms with Gasteiger partial charge in [-0.05, 0) is 25.7 Å². The highest BCUT2D eigenvalue weighted by Gasteiger charge is 2.15. The zero-order valence-electron chi connectivity index (χ0n) is 13.3. The van der Waals surface area contributed by atoms with Gasteiger partial charge in [0.2, 0.25) is 0 Å². The summed E-state index contributed by atoms with van der Waals surface area (Å²) in [5.74, 6) is 0.320. The topological polar surface area (TPSA) is 35.5 Å². The average molecular weight is 270 g/mol. The van der Waals surface area contributed by atoms with E-state index >= 15 is 0 Å². The molecule has 0 aromatic carbocycles. The fraction of sp³-hybridized carbons (Fsp3) is 0.812. The third-order valence-corrected chi connectivity index (χ3v) is 3.00. The van der Waals surface area contributed by atoms with E-state index in [1.807, 2.05) is 6.92 Å². The van der Waals surface area contributed by atoms with Crippen molar-refractivity contribution in [1.82, 2.24) is 0 Å². The predicted octanol–water partition coefficient (Wildman–Crippen LogP) is 4.12. The lowest BCUT2D eigenvalue weighted by Crippen LogP contribution is -2.15. The molecule has 0 fully saturated rings. The van der Waals surface area contributed by atoms with Crippen LogP contribution in [0.1, 0.15) is 59.8 Å². The largest absolute Gasteiger partial charge is 0.462 e. The van der Waals surface area contributed by atoms with E-state index in [0.717, 1.165) is 24.8 Å². The molecule has 0 aromatic heterocycles. The number of rotatable bonds is 10. The highest BCUT2D eigenvalue weighted by atomic mass is 16.5. The van der Waals surface area contributed by atoms with E-state index in [9.17, 15) is 4.79 Å². The fourth-order valence-electron chi connectivity index (χ4n) is 2.02. The molecule has 0 amide bonds. The van der Waals surface area contributed by atoms with Crippen LogP contribution >= 0.6 is 0 Å². The lowest BCUT2D eigenvalue weighted by atomic mass is 10.00. The number of hydrogen-bond donors (Lipinski definition) is 0. The molecule has 0 aliphatic heterocycles. The number of hydrogen-bond acceptors (Lipinski definition) is 3.